The van der Waals surface area contributed by atoms with Crippen LogP contribution >= 0.6 is 11.6 Å². The van der Waals surface area contributed by atoms with Crippen molar-refractivity contribution < 1.29 is 18.3 Å². The summed E-state index contributed by atoms with van der Waals surface area (Å²) in [6.45, 7) is 1.87. The van der Waals surface area contributed by atoms with Gasteiger partial charge in [-0.2, -0.15) is 0 Å². The maximum Gasteiger partial charge on any atom is 0.396 e. The number of carbonyl (C=O) groups is 1. The van der Waals surface area contributed by atoms with Crippen LogP contribution in [0, 0.1) is 5.82 Å². The van der Waals surface area contributed by atoms with Gasteiger partial charge in [-0.1, -0.05) is 17.7 Å². The third-order valence-electron chi connectivity index (χ3n) is 2.31. The first-order valence-corrected chi connectivity index (χ1v) is 5.92. The molecule has 0 N–H and O–H groups in total. The van der Waals surface area contributed by atoms with Crippen LogP contribution in [0.5, 0.6) is 0 Å². The second-order valence-corrected chi connectivity index (χ2v) is 4.01. The molecular formula is C12H10ClFN2O3. The third-order valence-corrected chi connectivity index (χ3v) is 2.66. The maximum atomic E-state index is 13.6. The molecule has 0 fully saturated rings. The van der Waals surface area contributed by atoms with E-state index in [0.717, 1.165) is 0 Å². The zero-order valence-electron chi connectivity index (χ0n) is 10.0. The minimum atomic E-state index is -0.708. The molecule has 0 saturated heterocycles. The molecule has 7 heteroatoms. The molecule has 1 heterocycles. The van der Waals surface area contributed by atoms with Crippen LogP contribution in [0.3, 0.4) is 0 Å². The summed E-state index contributed by atoms with van der Waals surface area (Å²) < 4.78 is 23.3. The molecule has 0 unspecified atom stereocenters. The Kier molecular flexibility index (Phi) is 4.11. The normalized spacial score (nSPS) is 10.5. The molecule has 0 spiro atoms. The Bertz CT molecular complexity index is 580. The van der Waals surface area contributed by atoms with Crippen LogP contribution in [0.4, 0.5) is 4.39 Å². The van der Waals surface area contributed by atoms with Crippen LogP contribution in [0.25, 0.3) is 0 Å². The van der Waals surface area contributed by atoms with Gasteiger partial charge >= 0.3 is 11.9 Å². The third kappa shape index (κ3) is 3.08. The summed E-state index contributed by atoms with van der Waals surface area (Å²) in [7, 11) is 0. The van der Waals surface area contributed by atoms with E-state index in [-0.39, 0.29) is 35.4 Å². The molecule has 1 aromatic carbocycles. The van der Waals surface area contributed by atoms with E-state index in [1.165, 1.54) is 12.1 Å². The van der Waals surface area contributed by atoms with Crippen LogP contribution < -0.4 is 0 Å². The summed E-state index contributed by atoms with van der Waals surface area (Å²) in [6, 6.07) is 4.34. The smallest absolute Gasteiger partial charge is 0.396 e. The lowest BCUT2D eigenvalue weighted by Gasteiger charge is -2.02. The number of benzene rings is 1. The predicted octanol–water partition coefficient (Wildman–Crippen LogP) is 2.63. The summed E-state index contributed by atoms with van der Waals surface area (Å²) in [5, 5.41) is 7.45. The molecule has 0 aliphatic heterocycles. The highest BCUT2D eigenvalue weighted by molar-refractivity contribution is 6.31. The van der Waals surface area contributed by atoms with Gasteiger partial charge in [0.15, 0.2) is 0 Å². The Labute approximate surface area is 113 Å². The molecule has 1 aromatic heterocycles. The standard InChI is InChI=1S/C12H10ClFN2O3/c1-2-18-12(17)11-16-15-10(19-11)6-7-8(13)4-3-5-9(7)14/h3-5H,2,6H2,1H3. The Morgan fingerprint density at radius 1 is 1.47 bits per heavy atom. The second-order valence-electron chi connectivity index (χ2n) is 3.60. The molecule has 0 atom stereocenters. The molecular weight excluding hydrogens is 275 g/mol. The van der Waals surface area contributed by atoms with E-state index in [2.05, 4.69) is 10.2 Å². The summed E-state index contributed by atoms with van der Waals surface area (Å²) in [5.41, 5.74) is 0.239. The lowest BCUT2D eigenvalue weighted by molar-refractivity contribution is 0.0479. The van der Waals surface area contributed by atoms with Gasteiger partial charge in [0.1, 0.15) is 5.82 Å². The van der Waals surface area contributed by atoms with Gasteiger partial charge < -0.3 is 9.15 Å². The van der Waals surface area contributed by atoms with Crippen LogP contribution in [0.15, 0.2) is 22.6 Å². The number of esters is 1. The predicted molar refractivity (Wildman–Crippen MR) is 64.5 cm³/mol. The van der Waals surface area contributed by atoms with Crippen LogP contribution in [0.1, 0.15) is 29.1 Å². The van der Waals surface area contributed by atoms with E-state index in [0.29, 0.717) is 0 Å². The van der Waals surface area contributed by atoms with Gasteiger partial charge in [0.2, 0.25) is 5.89 Å². The fourth-order valence-electron chi connectivity index (χ4n) is 1.45. The molecule has 0 aliphatic rings. The van der Waals surface area contributed by atoms with Gasteiger partial charge in [-0.25, -0.2) is 9.18 Å². The van der Waals surface area contributed by atoms with Gasteiger partial charge in [-0.3, -0.25) is 0 Å². The lowest BCUT2D eigenvalue weighted by atomic mass is 10.1. The SMILES string of the molecule is CCOC(=O)c1nnc(Cc2c(F)cccc2Cl)o1. The largest absolute Gasteiger partial charge is 0.459 e. The van der Waals surface area contributed by atoms with Gasteiger partial charge in [-0.15, -0.1) is 10.2 Å². The first-order chi connectivity index (χ1) is 9.11. The fourth-order valence-corrected chi connectivity index (χ4v) is 1.68. The maximum absolute atomic E-state index is 13.6. The van der Waals surface area contributed by atoms with Gasteiger partial charge in [0.05, 0.1) is 13.0 Å². The average molecular weight is 285 g/mol. The van der Waals surface area contributed by atoms with E-state index in [9.17, 15) is 9.18 Å². The number of hydrogen-bond donors (Lipinski definition) is 0. The lowest BCUT2D eigenvalue weighted by Crippen LogP contribution is -2.04. The molecule has 100 valence electrons. The molecule has 5 nitrogen and oxygen atoms in total. The number of rotatable bonds is 4. The van der Waals surface area contributed by atoms with Gasteiger partial charge in [-0.05, 0) is 19.1 Å². The molecule has 0 saturated carbocycles. The van der Waals surface area contributed by atoms with Crippen molar-refractivity contribution in [2.45, 2.75) is 13.3 Å². The van der Waals surface area contributed by atoms with Crippen molar-refractivity contribution in [1.29, 1.82) is 0 Å². The van der Waals surface area contributed by atoms with Crippen molar-refractivity contribution in [3.8, 4) is 0 Å². The Morgan fingerprint density at radius 3 is 2.95 bits per heavy atom. The summed E-state index contributed by atoms with van der Waals surface area (Å²) >= 11 is 5.88. The number of carbonyl (C=O) groups excluding carboxylic acids is 1. The van der Waals surface area contributed by atoms with Crippen molar-refractivity contribution in [3.05, 3.63) is 46.4 Å². The molecule has 0 amide bonds. The average Bonchev–Trinajstić information content (AvgIpc) is 2.83. The first-order valence-electron chi connectivity index (χ1n) is 5.54. The van der Waals surface area contributed by atoms with Crippen molar-refractivity contribution in [2.24, 2.45) is 0 Å². The number of aromatic nitrogens is 2. The van der Waals surface area contributed by atoms with Gasteiger partial charge in [0.25, 0.3) is 0 Å². The molecule has 0 bridgehead atoms. The minimum absolute atomic E-state index is 0.0118. The molecule has 0 radical (unpaired) electrons. The number of ether oxygens (including phenoxy) is 1. The Balaban J connectivity index is 2.18. The summed E-state index contributed by atoms with van der Waals surface area (Å²) in [5.74, 6) is -1.34. The summed E-state index contributed by atoms with van der Waals surface area (Å²) in [4.78, 5) is 11.3. The quantitative estimate of drug-likeness (QED) is 0.808. The molecule has 2 rings (SSSR count). The van der Waals surface area contributed by atoms with E-state index < -0.39 is 11.8 Å². The van der Waals surface area contributed by atoms with E-state index >= 15 is 0 Å². The number of hydrogen-bond acceptors (Lipinski definition) is 5. The van der Waals surface area contributed by atoms with Crippen molar-refractivity contribution in [3.63, 3.8) is 0 Å². The van der Waals surface area contributed by atoms with Crippen molar-refractivity contribution in [2.75, 3.05) is 6.61 Å². The Hall–Kier alpha value is -1.95. The highest BCUT2D eigenvalue weighted by atomic mass is 35.5. The second kappa shape index (κ2) is 5.79. The zero-order valence-corrected chi connectivity index (χ0v) is 10.8. The molecule has 0 aliphatic carbocycles. The van der Waals surface area contributed by atoms with Crippen molar-refractivity contribution >= 4 is 17.6 Å². The highest BCUT2D eigenvalue weighted by Crippen LogP contribution is 2.21. The number of halogens is 2. The van der Waals surface area contributed by atoms with Crippen LogP contribution in [-0.4, -0.2) is 22.8 Å². The molecule has 2 aromatic rings. The monoisotopic (exact) mass is 284 g/mol. The minimum Gasteiger partial charge on any atom is -0.459 e. The topological polar surface area (TPSA) is 65.2 Å². The number of nitrogens with zero attached hydrogens (tertiary/aromatic N) is 2. The molecule has 19 heavy (non-hydrogen) atoms. The Morgan fingerprint density at radius 2 is 2.26 bits per heavy atom. The van der Waals surface area contributed by atoms with Gasteiger partial charge in [0, 0.05) is 10.6 Å². The van der Waals surface area contributed by atoms with Crippen LogP contribution in [0.2, 0.25) is 5.02 Å². The first kappa shape index (κ1) is 13.5. The fraction of sp³-hybridized carbons (Fsp3) is 0.250. The van der Waals surface area contributed by atoms with E-state index in [1.54, 1.807) is 13.0 Å². The highest BCUT2D eigenvalue weighted by Gasteiger charge is 2.17. The van der Waals surface area contributed by atoms with Crippen molar-refractivity contribution in [1.82, 2.24) is 10.2 Å². The van der Waals surface area contributed by atoms with Crippen LogP contribution in [-0.2, 0) is 11.2 Å². The zero-order chi connectivity index (χ0) is 13.8. The van der Waals surface area contributed by atoms with E-state index in [1.807, 2.05) is 0 Å². The van der Waals surface area contributed by atoms with E-state index in [4.69, 9.17) is 20.8 Å². The summed E-state index contributed by atoms with van der Waals surface area (Å²) in [6.07, 6.45) is 0.0118.